The first-order valence-corrected chi connectivity index (χ1v) is 10.3. The van der Waals surface area contributed by atoms with E-state index in [1.807, 2.05) is 11.8 Å². The van der Waals surface area contributed by atoms with Gasteiger partial charge >= 0.3 is 6.03 Å². The minimum Gasteiger partial charge on any atom is -0.486 e. The summed E-state index contributed by atoms with van der Waals surface area (Å²) in [5.74, 6) is 0.993. The summed E-state index contributed by atoms with van der Waals surface area (Å²) in [5.41, 5.74) is 0.634. The quantitative estimate of drug-likeness (QED) is 0.534. The van der Waals surface area contributed by atoms with E-state index in [0.717, 1.165) is 12.8 Å². The Bertz CT molecular complexity index is 744. The van der Waals surface area contributed by atoms with Crippen molar-refractivity contribution < 1.29 is 23.9 Å². The summed E-state index contributed by atoms with van der Waals surface area (Å²) in [7, 11) is 0. The van der Waals surface area contributed by atoms with Gasteiger partial charge in [0.25, 0.3) is 0 Å². The van der Waals surface area contributed by atoms with Crippen molar-refractivity contribution in [3.8, 4) is 11.5 Å². The van der Waals surface area contributed by atoms with Gasteiger partial charge in [-0.15, -0.1) is 0 Å². The molecule has 1 aromatic rings. The second kappa shape index (κ2) is 10.2. The lowest BCUT2D eigenvalue weighted by atomic mass is 9.88. The number of urea groups is 1. The van der Waals surface area contributed by atoms with Gasteiger partial charge in [-0.3, -0.25) is 19.8 Å². The molecule has 0 saturated carbocycles. The van der Waals surface area contributed by atoms with E-state index < -0.39 is 6.03 Å². The summed E-state index contributed by atoms with van der Waals surface area (Å²) in [5, 5.41) is 5.01. The van der Waals surface area contributed by atoms with Crippen molar-refractivity contribution in [1.82, 2.24) is 15.5 Å². The van der Waals surface area contributed by atoms with Gasteiger partial charge in [0.05, 0.1) is 6.54 Å². The van der Waals surface area contributed by atoms with Crippen molar-refractivity contribution >= 4 is 17.7 Å². The van der Waals surface area contributed by atoms with Crippen molar-refractivity contribution in [2.24, 2.45) is 5.92 Å². The number of Topliss-reactive ketones (excluding diaryl/α,β-unsaturated/α-hetero) is 1. The van der Waals surface area contributed by atoms with Gasteiger partial charge in [-0.1, -0.05) is 13.3 Å². The van der Waals surface area contributed by atoms with Crippen LogP contribution in [0.3, 0.4) is 0 Å². The third-order valence-corrected chi connectivity index (χ3v) is 5.22. The molecule has 8 nitrogen and oxygen atoms in total. The Hall–Kier alpha value is -2.61. The number of carbonyl (C=O) groups is 3. The van der Waals surface area contributed by atoms with Crippen LogP contribution in [0.15, 0.2) is 18.2 Å². The fourth-order valence-corrected chi connectivity index (χ4v) is 3.58. The van der Waals surface area contributed by atoms with Crippen LogP contribution in [0.25, 0.3) is 0 Å². The molecule has 0 spiro atoms. The summed E-state index contributed by atoms with van der Waals surface area (Å²) in [6, 6.07) is 4.88. The van der Waals surface area contributed by atoms with Crippen LogP contribution >= 0.6 is 0 Å². The lowest BCUT2D eigenvalue weighted by molar-refractivity contribution is -0.121. The first-order chi connectivity index (χ1) is 14.1. The summed E-state index contributed by atoms with van der Waals surface area (Å²) >= 11 is 0. The van der Waals surface area contributed by atoms with E-state index in [1.165, 1.54) is 0 Å². The number of hydrogen-bond donors (Lipinski definition) is 2. The molecule has 8 heteroatoms. The predicted octanol–water partition coefficient (Wildman–Crippen LogP) is 1.98. The largest absolute Gasteiger partial charge is 0.486 e. The van der Waals surface area contributed by atoms with Crippen molar-refractivity contribution in [3.63, 3.8) is 0 Å². The van der Waals surface area contributed by atoms with E-state index in [9.17, 15) is 14.4 Å². The zero-order valence-electron chi connectivity index (χ0n) is 16.9. The Morgan fingerprint density at radius 2 is 1.83 bits per heavy atom. The Morgan fingerprint density at radius 3 is 2.55 bits per heavy atom. The highest BCUT2D eigenvalue weighted by molar-refractivity contribution is 5.98. The van der Waals surface area contributed by atoms with Gasteiger partial charge < -0.3 is 14.8 Å². The number of hydrogen-bond acceptors (Lipinski definition) is 6. The van der Waals surface area contributed by atoms with Crippen LogP contribution in [0.5, 0.6) is 11.5 Å². The first kappa shape index (κ1) is 21.1. The molecule has 3 rings (SSSR count). The number of amides is 3. The molecule has 2 aliphatic rings. The summed E-state index contributed by atoms with van der Waals surface area (Å²) < 4.78 is 11.1. The fraction of sp³-hybridized carbons (Fsp3) is 0.571. The molecule has 0 aliphatic carbocycles. The Balaban J connectivity index is 1.43. The van der Waals surface area contributed by atoms with E-state index in [0.29, 0.717) is 62.8 Å². The normalized spacial score (nSPS) is 16.9. The van der Waals surface area contributed by atoms with Crippen LogP contribution in [-0.2, 0) is 4.79 Å². The maximum absolute atomic E-state index is 12.8. The highest BCUT2D eigenvalue weighted by Gasteiger charge is 2.27. The molecule has 2 aliphatic heterocycles. The van der Waals surface area contributed by atoms with Crippen LogP contribution in [0, 0.1) is 5.92 Å². The van der Waals surface area contributed by atoms with Crippen LogP contribution in [-0.4, -0.2) is 62.0 Å². The van der Waals surface area contributed by atoms with Gasteiger partial charge in [-0.2, -0.15) is 0 Å². The number of imide groups is 1. The highest BCUT2D eigenvalue weighted by Crippen LogP contribution is 2.32. The zero-order valence-corrected chi connectivity index (χ0v) is 16.9. The SMILES string of the molecule is CCCCNC(=O)NC(=O)CN1CCC(C(=O)c2ccc3c(c2)OCCO3)CC1. The molecular formula is C21H29N3O5. The van der Waals surface area contributed by atoms with Crippen LogP contribution in [0.4, 0.5) is 4.79 Å². The smallest absolute Gasteiger partial charge is 0.321 e. The summed E-state index contributed by atoms with van der Waals surface area (Å²) in [6.07, 6.45) is 3.23. The zero-order chi connectivity index (χ0) is 20.6. The van der Waals surface area contributed by atoms with Crippen molar-refractivity contribution in [2.75, 3.05) is 39.4 Å². The number of piperidine rings is 1. The summed E-state index contributed by atoms with van der Waals surface area (Å²) in [6.45, 7) is 5.05. The maximum Gasteiger partial charge on any atom is 0.321 e. The monoisotopic (exact) mass is 403 g/mol. The molecule has 0 radical (unpaired) electrons. The number of nitrogens with one attached hydrogen (secondary N) is 2. The third kappa shape index (κ3) is 5.93. The van der Waals surface area contributed by atoms with Crippen molar-refractivity contribution in [1.29, 1.82) is 0 Å². The molecule has 0 unspecified atom stereocenters. The molecule has 2 N–H and O–H groups in total. The predicted molar refractivity (Wildman–Crippen MR) is 107 cm³/mol. The van der Waals surface area contributed by atoms with Crippen LogP contribution in [0.2, 0.25) is 0 Å². The average molecular weight is 403 g/mol. The lowest BCUT2D eigenvalue weighted by Crippen LogP contribution is -2.46. The number of nitrogens with zero attached hydrogens (tertiary/aromatic N) is 1. The van der Waals surface area contributed by atoms with E-state index in [1.54, 1.807) is 18.2 Å². The molecule has 0 aromatic heterocycles. The third-order valence-electron chi connectivity index (χ3n) is 5.22. The van der Waals surface area contributed by atoms with Crippen LogP contribution < -0.4 is 20.1 Å². The standard InChI is InChI=1S/C21H29N3O5/c1-2-3-8-22-21(27)23-19(25)14-24-9-6-15(7-10-24)20(26)16-4-5-17-18(13-16)29-12-11-28-17/h4-5,13,15H,2-3,6-12,14H2,1H3,(H2,22,23,25,27). The van der Waals surface area contributed by atoms with Crippen molar-refractivity contribution in [3.05, 3.63) is 23.8 Å². The molecule has 2 heterocycles. The number of rotatable bonds is 7. The number of ketones is 1. The number of unbranched alkanes of at least 4 members (excludes halogenated alkanes) is 1. The Morgan fingerprint density at radius 1 is 1.10 bits per heavy atom. The maximum atomic E-state index is 12.8. The number of ether oxygens (including phenoxy) is 2. The number of fused-ring (bicyclic) bond motifs is 1. The van der Waals surface area contributed by atoms with Crippen molar-refractivity contribution in [2.45, 2.75) is 32.6 Å². The van der Waals surface area contributed by atoms with Gasteiger partial charge in [0, 0.05) is 18.0 Å². The second-order valence-electron chi connectivity index (χ2n) is 7.43. The molecule has 158 valence electrons. The fourth-order valence-electron chi connectivity index (χ4n) is 3.58. The van der Waals surface area contributed by atoms with E-state index >= 15 is 0 Å². The van der Waals surface area contributed by atoms with E-state index in [2.05, 4.69) is 10.6 Å². The summed E-state index contributed by atoms with van der Waals surface area (Å²) in [4.78, 5) is 38.5. The molecular weight excluding hydrogens is 374 g/mol. The Labute approximate surface area is 170 Å². The average Bonchev–Trinajstić information content (AvgIpc) is 2.73. The van der Waals surface area contributed by atoms with Crippen LogP contribution in [0.1, 0.15) is 43.0 Å². The molecule has 0 atom stereocenters. The molecule has 1 saturated heterocycles. The number of benzene rings is 1. The highest BCUT2D eigenvalue weighted by atomic mass is 16.6. The number of likely N-dealkylation sites (tertiary alicyclic amines) is 1. The van der Waals surface area contributed by atoms with E-state index in [-0.39, 0.29) is 24.2 Å². The topological polar surface area (TPSA) is 97.0 Å². The second-order valence-corrected chi connectivity index (χ2v) is 7.43. The van der Waals surface area contributed by atoms with Gasteiger partial charge in [-0.25, -0.2) is 4.79 Å². The lowest BCUT2D eigenvalue weighted by Gasteiger charge is -2.30. The first-order valence-electron chi connectivity index (χ1n) is 10.3. The number of carbonyl (C=O) groups excluding carboxylic acids is 3. The Kier molecular flexibility index (Phi) is 7.46. The van der Waals surface area contributed by atoms with Gasteiger partial charge in [-0.05, 0) is 50.6 Å². The molecule has 29 heavy (non-hydrogen) atoms. The minimum absolute atomic E-state index is 0.0748. The molecule has 0 bridgehead atoms. The molecule has 1 fully saturated rings. The molecule has 3 amide bonds. The molecule has 1 aromatic carbocycles. The van der Waals surface area contributed by atoms with Gasteiger partial charge in [0.1, 0.15) is 13.2 Å². The van der Waals surface area contributed by atoms with Gasteiger partial charge in [0.15, 0.2) is 17.3 Å². The minimum atomic E-state index is -0.452. The van der Waals surface area contributed by atoms with Gasteiger partial charge in [0.2, 0.25) is 5.91 Å². The van der Waals surface area contributed by atoms with E-state index in [4.69, 9.17) is 9.47 Å².